The maximum absolute atomic E-state index is 12.3. The Balaban J connectivity index is 1.55. The van der Waals surface area contributed by atoms with Crippen LogP contribution in [0.4, 0.5) is 0 Å². The maximum Gasteiger partial charge on any atom is 0.320 e. The summed E-state index contributed by atoms with van der Waals surface area (Å²) in [4.78, 5) is 20.3. The van der Waals surface area contributed by atoms with Gasteiger partial charge in [0.1, 0.15) is 16.5 Å². The van der Waals surface area contributed by atoms with Gasteiger partial charge in [-0.25, -0.2) is 4.98 Å². The van der Waals surface area contributed by atoms with Gasteiger partial charge in [-0.3, -0.25) is 9.69 Å². The Morgan fingerprint density at radius 3 is 2.67 bits per heavy atom. The fourth-order valence-corrected chi connectivity index (χ4v) is 5.53. The summed E-state index contributed by atoms with van der Waals surface area (Å²) in [5.74, 6) is 1.18. The third kappa shape index (κ3) is 5.71. The van der Waals surface area contributed by atoms with Gasteiger partial charge in [-0.1, -0.05) is 24.3 Å². The number of benzene rings is 2. The number of thiazole rings is 1. The zero-order valence-corrected chi connectivity index (χ0v) is 20.5. The van der Waals surface area contributed by atoms with E-state index in [0.717, 1.165) is 26.9 Å². The lowest BCUT2D eigenvalue weighted by Gasteiger charge is -2.22. The fraction of sp³-hybridized carbons (Fsp3) is 0.280. The number of ether oxygens (including phenoxy) is 3. The monoisotopic (exact) mass is 482 g/mol. The first-order valence-corrected chi connectivity index (χ1v) is 12.3. The largest absolute Gasteiger partial charge is 0.497 e. The van der Waals surface area contributed by atoms with Gasteiger partial charge in [-0.15, -0.1) is 22.7 Å². The van der Waals surface area contributed by atoms with Crippen molar-refractivity contribution in [1.82, 2.24) is 9.88 Å². The summed E-state index contributed by atoms with van der Waals surface area (Å²) in [7, 11) is 3.25. The molecule has 0 aliphatic rings. The minimum atomic E-state index is -0.259. The van der Waals surface area contributed by atoms with Crippen molar-refractivity contribution in [3.05, 3.63) is 65.2 Å². The number of hydrogen-bond donors (Lipinski definition) is 0. The number of rotatable bonds is 10. The number of carbonyl (C=O) groups is 1. The molecular formula is C25H26N2O4S2. The molecule has 0 aliphatic heterocycles. The van der Waals surface area contributed by atoms with Crippen LogP contribution in [0, 0.1) is 0 Å². The predicted molar refractivity (Wildman–Crippen MR) is 133 cm³/mol. The molecule has 33 heavy (non-hydrogen) atoms. The quantitative estimate of drug-likeness (QED) is 0.274. The molecule has 6 nitrogen and oxygen atoms in total. The number of carbonyl (C=O) groups excluding carboxylic acids is 1. The van der Waals surface area contributed by atoms with E-state index in [9.17, 15) is 4.79 Å². The van der Waals surface area contributed by atoms with Crippen LogP contribution in [0.15, 0.2) is 53.9 Å². The Labute approximate surface area is 201 Å². The molecule has 172 valence electrons. The van der Waals surface area contributed by atoms with Crippen LogP contribution in [0.1, 0.15) is 18.2 Å². The van der Waals surface area contributed by atoms with Crippen molar-refractivity contribution >= 4 is 38.7 Å². The van der Waals surface area contributed by atoms with E-state index < -0.39 is 0 Å². The predicted octanol–water partition coefficient (Wildman–Crippen LogP) is 5.61. The third-order valence-electron chi connectivity index (χ3n) is 5.12. The minimum Gasteiger partial charge on any atom is -0.497 e. The highest BCUT2D eigenvalue weighted by atomic mass is 32.1. The van der Waals surface area contributed by atoms with E-state index in [0.29, 0.717) is 25.4 Å². The maximum atomic E-state index is 12.3. The molecule has 2 aromatic carbocycles. The summed E-state index contributed by atoms with van der Waals surface area (Å²) in [5.41, 5.74) is 1.88. The van der Waals surface area contributed by atoms with Crippen molar-refractivity contribution < 1.29 is 19.0 Å². The first-order valence-electron chi connectivity index (χ1n) is 10.6. The van der Waals surface area contributed by atoms with Gasteiger partial charge in [0.2, 0.25) is 0 Å². The van der Waals surface area contributed by atoms with Crippen LogP contribution in [0.5, 0.6) is 11.5 Å². The van der Waals surface area contributed by atoms with Crippen LogP contribution < -0.4 is 9.47 Å². The van der Waals surface area contributed by atoms with E-state index in [1.54, 1.807) is 36.9 Å². The molecule has 0 aliphatic carbocycles. The Bertz CT molecular complexity index is 1200. The van der Waals surface area contributed by atoms with Crippen LogP contribution in [-0.2, 0) is 22.6 Å². The number of fused-ring (bicyclic) bond motifs is 1. The fourth-order valence-electron chi connectivity index (χ4n) is 3.59. The second-order valence-corrected chi connectivity index (χ2v) is 9.36. The summed E-state index contributed by atoms with van der Waals surface area (Å²) in [6.07, 6.45) is 0. The molecule has 0 spiro atoms. The average Bonchev–Trinajstić information content (AvgIpc) is 3.46. The van der Waals surface area contributed by atoms with Gasteiger partial charge in [0.15, 0.2) is 0 Å². The van der Waals surface area contributed by atoms with Gasteiger partial charge in [0.05, 0.1) is 37.9 Å². The van der Waals surface area contributed by atoms with Crippen molar-refractivity contribution in [2.45, 2.75) is 20.0 Å². The number of hydrogen-bond acceptors (Lipinski definition) is 8. The van der Waals surface area contributed by atoms with E-state index in [1.165, 1.54) is 10.1 Å². The van der Waals surface area contributed by atoms with E-state index in [1.807, 2.05) is 36.1 Å². The summed E-state index contributed by atoms with van der Waals surface area (Å²) in [6.45, 7) is 3.37. The van der Waals surface area contributed by atoms with E-state index in [4.69, 9.17) is 19.2 Å². The second kappa shape index (κ2) is 10.8. The number of esters is 1. The molecule has 0 amide bonds. The SMILES string of the molecule is CCOC(=O)CN(Cc1csc(-c2cc3ccccc3s2)n1)Cc1ccc(OC)cc1OC. The zero-order chi connectivity index (χ0) is 23.2. The first kappa shape index (κ1) is 23.2. The van der Waals surface area contributed by atoms with E-state index in [2.05, 4.69) is 29.6 Å². The molecular weight excluding hydrogens is 456 g/mol. The lowest BCUT2D eigenvalue weighted by atomic mass is 10.1. The standard InChI is InChI=1S/C25H26N2O4S2/c1-4-31-24(28)15-27(13-18-9-10-20(29-2)12-21(18)30-3)14-19-16-32-25(26-19)23-11-17-7-5-6-8-22(17)33-23/h5-12,16H,4,13-15H2,1-3H3. The van der Waals surface area contributed by atoms with Crippen molar-refractivity contribution in [3.8, 4) is 21.4 Å². The van der Waals surface area contributed by atoms with Gasteiger partial charge in [0.25, 0.3) is 0 Å². The van der Waals surface area contributed by atoms with E-state index in [-0.39, 0.29) is 12.5 Å². The zero-order valence-electron chi connectivity index (χ0n) is 18.9. The van der Waals surface area contributed by atoms with Crippen molar-refractivity contribution in [3.63, 3.8) is 0 Å². The summed E-state index contributed by atoms with van der Waals surface area (Å²) in [5, 5.41) is 4.28. The summed E-state index contributed by atoms with van der Waals surface area (Å²) in [6, 6.07) is 16.2. The minimum absolute atomic E-state index is 0.165. The number of methoxy groups -OCH3 is 2. The molecule has 0 fully saturated rings. The first-order chi connectivity index (χ1) is 16.1. The molecule has 4 rings (SSSR count). The van der Waals surface area contributed by atoms with Crippen LogP contribution in [0.3, 0.4) is 0 Å². The molecule has 2 heterocycles. The summed E-state index contributed by atoms with van der Waals surface area (Å²) >= 11 is 3.37. The Morgan fingerprint density at radius 1 is 1.06 bits per heavy atom. The molecule has 0 saturated heterocycles. The van der Waals surface area contributed by atoms with Crippen molar-refractivity contribution in [1.29, 1.82) is 0 Å². The van der Waals surface area contributed by atoms with Crippen LogP contribution in [0.2, 0.25) is 0 Å². The second-order valence-electron chi connectivity index (χ2n) is 7.42. The molecule has 0 radical (unpaired) electrons. The number of aromatic nitrogens is 1. The van der Waals surface area contributed by atoms with Gasteiger partial charge >= 0.3 is 5.97 Å². The molecule has 8 heteroatoms. The number of nitrogens with zero attached hydrogens (tertiary/aromatic N) is 2. The molecule has 0 N–H and O–H groups in total. The molecule has 0 saturated carbocycles. The van der Waals surface area contributed by atoms with Crippen LogP contribution in [0.25, 0.3) is 20.0 Å². The highest BCUT2D eigenvalue weighted by Gasteiger charge is 2.18. The Morgan fingerprint density at radius 2 is 1.91 bits per heavy atom. The molecule has 0 bridgehead atoms. The highest BCUT2D eigenvalue weighted by Crippen LogP contribution is 2.35. The molecule has 0 atom stereocenters. The molecule has 4 aromatic rings. The Kier molecular flexibility index (Phi) is 7.59. The van der Waals surface area contributed by atoms with Crippen LogP contribution >= 0.6 is 22.7 Å². The molecule has 0 unspecified atom stereocenters. The lowest BCUT2D eigenvalue weighted by Crippen LogP contribution is -2.30. The van der Waals surface area contributed by atoms with Crippen molar-refractivity contribution in [2.24, 2.45) is 0 Å². The van der Waals surface area contributed by atoms with Crippen molar-refractivity contribution in [2.75, 3.05) is 27.4 Å². The third-order valence-corrected chi connectivity index (χ3v) is 7.30. The smallest absolute Gasteiger partial charge is 0.320 e. The Hall–Kier alpha value is -2.94. The lowest BCUT2D eigenvalue weighted by molar-refractivity contribution is -0.144. The van der Waals surface area contributed by atoms with Gasteiger partial charge < -0.3 is 14.2 Å². The highest BCUT2D eigenvalue weighted by molar-refractivity contribution is 7.25. The average molecular weight is 483 g/mol. The van der Waals surface area contributed by atoms with E-state index >= 15 is 0 Å². The van der Waals surface area contributed by atoms with Gasteiger partial charge in [-0.05, 0) is 30.5 Å². The normalized spacial score (nSPS) is 11.2. The van der Waals surface area contributed by atoms with Crippen LogP contribution in [-0.4, -0.2) is 43.2 Å². The topological polar surface area (TPSA) is 60.9 Å². The van der Waals surface area contributed by atoms with Gasteiger partial charge in [0, 0.05) is 34.8 Å². The molecule has 2 aromatic heterocycles. The van der Waals surface area contributed by atoms with Gasteiger partial charge in [-0.2, -0.15) is 0 Å². The summed E-state index contributed by atoms with van der Waals surface area (Å²) < 4.78 is 17.3. The number of thiophene rings is 1.